The van der Waals surface area contributed by atoms with E-state index in [1.807, 2.05) is 54.3 Å². The van der Waals surface area contributed by atoms with Gasteiger partial charge in [-0.2, -0.15) is 0 Å². The first-order chi connectivity index (χ1) is 15.5. The van der Waals surface area contributed by atoms with Crippen molar-refractivity contribution in [1.29, 1.82) is 0 Å². The minimum absolute atomic E-state index is 0.303. The smallest absolute Gasteiger partial charge is 0.282 e. The number of hydrogen-bond acceptors (Lipinski definition) is 4. The summed E-state index contributed by atoms with van der Waals surface area (Å²) in [5.74, 6) is -0.281. The van der Waals surface area contributed by atoms with Gasteiger partial charge in [0.2, 0.25) is 0 Å². The quantitative estimate of drug-likeness (QED) is 0.471. The van der Waals surface area contributed by atoms with Gasteiger partial charge in [-0.1, -0.05) is 54.1 Å². The zero-order valence-electron chi connectivity index (χ0n) is 18.1. The fraction of sp³-hybridized carbons (Fsp3) is 0.154. The first-order valence-electron chi connectivity index (χ1n) is 10.3. The van der Waals surface area contributed by atoms with Crippen LogP contribution in [-0.4, -0.2) is 25.5 Å². The predicted octanol–water partition coefficient (Wildman–Crippen LogP) is 5.47. The number of halogens is 1. The van der Waals surface area contributed by atoms with Crippen LogP contribution in [-0.2, 0) is 9.59 Å². The monoisotopic (exact) mass is 446 g/mol. The van der Waals surface area contributed by atoms with Gasteiger partial charge in [0, 0.05) is 22.8 Å². The lowest BCUT2D eigenvalue weighted by molar-refractivity contribution is -0.120. The van der Waals surface area contributed by atoms with Gasteiger partial charge >= 0.3 is 0 Å². The number of likely N-dealkylation sites (N-methyl/N-ethyl adjacent to an activating group) is 1. The third kappa shape index (κ3) is 3.55. The molecule has 0 saturated heterocycles. The molecule has 0 saturated carbocycles. The summed E-state index contributed by atoms with van der Waals surface area (Å²) in [6.45, 7) is 4.25. The SMILES string of the molecule is CCN(C1=C(c2ccccc2OC)C(=O)N(c2cccc(Cl)c2C)C1=O)c1ccccc1. The second-order valence-corrected chi connectivity index (χ2v) is 7.74. The summed E-state index contributed by atoms with van der Waals surface area (Å²) in [6.07, 6.45) is 0. The van der Waals surface area contributed by atoms with E-state index < -0.39 is 11.8 Å². The number of carbonyl (C=O) groups is 2. The number of imide groups is 1. The summed E-state index contributed by atoms with van der Waals surface area (Å²) in [4.78, 5) is 30.8. The zero-order chi connectivity index (χ0) is 22.8. The lowest BCUT2D eigenvalue weighted by Crippen LogP contribution is -2.35. The fourth-order valence-electron chi connectivity index (χ4n) is 4.00. The molecule has 0 spiro atoms. The van der Waals surface area contributed by atoms with Crippen molar-refractivity contribution in [3.05, 3.63) is 94.6 Å². The van der Waals surface area contributed by atoms with E-state index in [0.717, 1.165) is 5.69 Å². The number of para-hydroxylation sites is 2. The van der Waals surface area contributed by atoms with Gasteiger partial charge in [-0.25, -0.2) is 4.90 Å². The summed E-state index contributed by atoms with van der Waals surface area (Å²) in [5.41, 5.74) is 3.14. The van der Waals surface area contributed by atoms with Crippen LogP contribution in [0.5, 0.6) is 5.75 Å². The maximum atomic E-state index is 13.9. The van der Waals surface area contributed by atoms with E-state index in [0.29, 0.717) is 45.4 Å². The van der Waals surface area contributed by atoms with Gasteiger partial charge in [0.15, 0.2) is 0 Å². The molecule has 2 amide bonds. The highest BCUT2D eigenvalue weighted by Gasteiger charge is 2.44. The Morgan fingerprint density at radius 1 is 0.906 bits per heavy atom. The van der Waals surface area contributed by atoms with E-state index in [1.165, 1.54) is 4.90 Å². The van der Waals surface area contributed by atoms with Crippen molar-refractivity contribution in [3.63, 3.8) is 0 Å². The molecule has 0 bridgehead atoms. The number of ether oxygens (including phenoxy) is 1. The molecular weight excluding hydrogens is 424 g/mol. The van der Waals surface area contributed by atoms with Crippen LogP contribution in [0.1, 0.15) is 18.1 Å². The number of anilines is 2. The Kier molecular flexibility index (Phi) is 6.01. The minimum atomic E-state index is -0.408. The molecule has 0 atom stereocenters. The molecule has 5 nitrogen and oxygen atoms in total. The molecule has 1 heterocycles. The van der Waals surface area contributed by atoms with Crippen LogP contribution in [0.3, 0.4) is 0 Å². The van der Waals surface area contributed by atoms with Crippen LogP contribution in [0.4, 0.5) is 11.4 Å². The molecule has 1 aliphatic heterocycles. The number of rotatable bonds is 6. The molecule has 0 aromatic heterocycles. The van der Waals surface area contributed by atoms with E-state index in [9.17, 15) is 9.59 Å². The van der Waals surface area contributed by atoms with Crippen LogP contribution in [0.15, 0.2) is 78.5 Å². The highest BCUT2D eigenvalue weighted by atomic mass is 35.5. The fourth-order valence-corrected chi connectivity index (χ4v) is 4.17. The summed E-state index contributed by atoms with van der Waals surface area (Å²) >= 11 is 6.32. The van der Waals surface area contributed by atoms with Crippen molar-refractivity contribution in [2.24, 2.45) is 0 Å². The molecule has 0 fully saturated rings. The van der Waals surface area contributed by atoms with E-state index in [1.54, 1.807) is 44.4 Å². The number of benzene rings is 3. The maximum Gasteiger partial charge on any atom is 0.282 e. The largest absolute Gasteiger partial charge is 0.496 e. The van der Waals surface area contributed by atoms with Gasteiger partial charge in [-0.15, -0.1) is 0 Å². The number of methoxy groups -OCH3 is 1. The van der Waals surface area contributed by atoms with Crippen molar-refractivity contribution in [3.8, 4) is 5.75 Å². The predicted molar refractivity (Wildman–Crippen MR) is 128 cm³/mol. The molecule has 0 unspecified atom stereocenters. The zero-order valence-corrected chi connectivity index (χ0v) is 18.9. The highest BCUT2D eigenvalue weighted by Crippen LogP contribution is 2.41. The summed E-state index contributed by atoms with van der Waals surface area (Å²) in [7, 11) is 1.55. The second-order valence-electron chi connectivity index (χ2n) is 7.33. The van der Waals surface area contributed by atoms with Gasteiger partial charge in [0.25, 0.3) is 11.8 Å². The van der Waals surface area contributed by atoms with E-state index in [2.05, 4.69) is 0 Å². The first kappa shape index (κ1) is 21.7. The first-order valence-corrected chi connectivity index (χ1v) is 10.7. The van der Waals surface area contributed by atoms with E-state index >= 15 is 0 Å². The third-order valence-electron chi connectivity index (χ3n) is 5.57. The highest BCUT2D eigenvalue weighted by molar-refractivity contribution is 6.47. The summed E-state index contributed by atoms with van der Waals surface area (Å²) in [5, 5.41) is 0.491. The molecular formula is C26H23ClN2O3. The van der Waals surface area contributed by atoms with Crippen LogP contribution in [0, 0.1) is 6.92 Å². The molecule has 0 N–H and O–H groups in total. The molecule has 1 aliphatic rings. The van der Waals surface area contributed by atoms with E-state index in [-0.39, 0.29) is 0 Å². The molecule has 0 radical (unpaired) electrons. The number of hydrogen-bond donors (Lipinski definition) is 0. The van der Waals surface area contributed by atoms with Crippen molar-refractivity contribution in [2.45, 2.75) is 13.8 Å². The Labute approximate surface area is 192 Å². The number of amides is 2. The van der Waals surface area contributed by atoms with Crippen molar-refractivity contribution >= 4 is 40.4 Å². The van der Waals surface area contributed by atoms with Crippen LogP contribution in [0.25, 0.3) is 5.57 Å². The third-order valence-corrected chi connectivity index (χ3v) is 5.98. The van der Waals surface area contributed by atoms with Gasteiger partial charge in [-0.05, 0) is 49.7 Å². The Hall–Kier alpha value is -3.57. The normalized spacial score (nSPS) is 13.7. The van der Waals surface area contributed by atoms with Crippen LogP contribution in [0.2, 0.25) is 5.02 Å². The lowest BCUT2D eigenvalue weighted by atomic mass is 10.0. The molecule has 32 heavy (non-hydrogen) atoms. The van der Waals surface area contributed by atoms with Gasteiger partial charge in [0.05, 0.1) is 18.4 Å². The molecule has 3 aromatic rings. The Morgan fingerprint density at radius 2 is 1.59 bits per heavy atom. The van der Waals surface area contributed by atoms with Gasteiger partial charge in [0.1, 0.15) is 11.4 Å². The van der Waals surface area contributed by atoms with Gasteiger partial charge < -0.3 is 9.64 Å². The molecule has 6 heteroatoms. The average molecular weight is 447 g/mol. The standard InChI is InChI=1S/C26H23ClN2O3/c1-4-28(18-11-6-5-7-12-18)24-23(19-13-8-9-16-22(19)32-3)25(30)29(26(24)31)21-15-10-14-20(27)17(21)2/h5-16H,4H2,1-3H3. The van der Waals surface area contributed by atoms with Crippen molar-refractivity contribution < 1.29 is 14.3 Å². The Balaban J connectivity index is 1.97. The molecule has 162 valence electrons. The molecule has 3 aromatic carbocycles. The van der Waals surface area contributed by atoms with Crippen molar-refractivity contribution in [1.82, 2.24) is 0 Å². The molecule has 0 aliphatic carbocycles. The average Bonchev–Trinajstić information content (AvgIpc) is 3.07. The van der Waals surface area contributed by atoms with E-state index in [4.69, 9.17) is 16.3 Å². The van der Waals surface area contributed by atoms with Crippen LogP contribution >= 0.6 is 11.6 Å². The Bertz CT molecular complexity index is 1220. The number of carbonyl (C=O) groups excluding carboxylic acids is 2. The number of nitrogens with zero attached hydrogens (tertiary/aromatic N) is 2. The second kappa shape index (κ2) is 8.89. The Morgan fingerprint density at radius 3 is 2.28 bits per heavy atom. The summed E-state index contributed by atoms with van der Waals surface area (Å²) < 4.78 is 5.54. The topological polar surface area (TPSA) is 49.9 Å². The van der Waals surface area contributed by atoms with Crippen LogP contribution < -0.4 is 14.5 Å². The maximum absolute atomic E-state index is 13.9. The molecule has 4 rings (SSSR count). The summed E-state index contributed by atoms with van der Waals surface area (Å²) in [6, 6.07) is 22.0. The van der Waals surface area contributed by atoms with Gasteiger partial charge in [-0.3, -0.25) is 9.59 Å². The lowest BCUT2D eigenvalue weighted by Gasteiger charge is -2.25. The van der Waals surface area contributed by atoms with Crippen molar-refractivity contribution in [2.75, 3.05) is 23.5 Å². The minimum Gasteiger partial charge on any atom is -0.496 e.